The minimum Gasteiger partial charge on any atom is -0.389 e. The molecule has 0 saturated carbocycles. The third-order valence-electron chi connectivity index (χ3n) is 2.96. The second-order valence-corrected chi connectivity index (χ2v) is 9.16. The van der Waals surface area contributed by atoms with E-state index in [1.165, 1.54) is 4.31 Å². The van der Waals surface area contributed by atoms with Crippen molar-refractivity contribution in [3.8, 4) is 0 Å². The first-order chi connectivity index (χ1) is 9.12. The van der Waals surface area contributed by atoms with Crippen molar-refractivity contribution in [1.29, 1.82) is 0 Å². The zero-order chi connectivity index (χ0) is 15.1. The number of morpholine rings is 1. The molecule has 112 valence electrons. The molecule has 20 heavy (non-hydrogen) atoms. The summed E-state index contributed by atoms with van der Waals surface area (Å²) in [6.07, 6.45) is -0.136. The topological polar surface area (TPSA) is 72.6 Å². The maximum absolute atomic E-state index is 12.7. The summed E-state index contributed by atoms with van der Waals surface area (Å²) in [7, 11) is -3.52. The van der Waals surface area contributed by atoms with Gasteiger partial charge in [0.15, 0.2) is 0 Å². The van der Waals surface area contributed by atoms with Crippen LogP contribution in [0.5, 0.6) is 0 Å². The normalized spacial score (nSPS) is 23.6. The minimum absolute atomic E-state index is 0.136. The van der Waals surface area contributed by atoms with Crippen molar-refractivity contribution in [2.45, 2.75) is 36.7 Å². The molecule has 2 N–H and O–H groups in total. The number of ether oxygens (including phenoxy) is 1. The molecule has 1 atom stereocenters. The van der Waals surface area contributed by atoms with Crippen molar-refractivity contribution in [2.24, 2.45) is 5.73 Å². The lowest BCUT2D eigenvalue weighted by Gasteiger charge is -2.40. The molecule has 1 saturated heterocycles. The molecule has 5 nitrogen and oxygen atoms in total. The number of hydrogen-bond donors (Lipinski definition) is 1. The van der Waals surface area contributed by atoms with E-state index in [9.17, 15) is 8.42 Å². The van der Waals surface area contributed by atoms with E-state index in [1.807, 2.05) is 20.8 Å². The van der Waals surface area contributed by atoms with E-state index in [-0.39, 0.29) is 15.3 Å². The molecule has 0 spiro atoms. The van der Waals surface area contributed by atoms with Crippen molar-refractivity contribution in [2.75, 3.05) is 13.1 Å². The molecule has 8 heteroatoms. The molecular weight excluding hydrogens is 316 g/mol. The standard InChI is InChI=1S/C12H18N2O3S3/c1-8-6-14(7-12(2,3)17-8)20(15,16)10-5-4-9(19-10)11(13)18/h4-5,8H,6-7H2,1-3H3,(H2,13,18). The molecule has 1 aromatic heterocycles. The van der Waals surface area contributed by atoms with Gasteiger partial charge in [-0.15, -0.1) is 11.3 Å². The first-order valence-electron chi connectivity index (χ1n) is 6.19. The van der Waals surface area contributed by atoms with Crippen LogP contribution in [0.3, 0.4) is 0 Å². The average molecular weight is 334 g/mol. The van der Waals surface area contributed by atoms with Gasteiger partial charge in [-0.2, -0.15) is 4.31 Å². The summed E-state index contributed by atoms with van der Waals surface area (Å²) in [5, 5.41) is 0. The van der Waals surface area contributed by atoms with Crippen LogP contribution in [0.15, 0.2) is 16.3 Å². The highest BCUT2D eigenvalue weighted by Crippen LogP contribution is 2.29. The van der Waals surface area contributed by atoms with E-state index in [1.54, 1.807) is 12.1 Å². The minimum atomic E-state index is -3.52. The molecule has 0 radical (unpaired) electrons. The number of sulfonamides is 1. The SMILES string of the molecule is CC1CN(S(=O)(=O)c2ccc(C(N)=S)s2)CC(C)(C)O1. The van der Waals surface area contributed by atoms with Crippen LogP contribution in [-0.2, 0) is 14.8 Å². The Bertz CT molecular complexity index is 622. The van der Waals surface area contributed by atoms with Gasteiger partial charge in [-0.05, 0) is 32.9 Å². The summed E-state index contributed by atoms with van der Waals surface area (Å²) in [5.41, 5.74) is 5.04. The summed E-state index contributed by atoms with van der Waals surface area (Å²) in [4.78, 5) is 0.825. The predicted molar refractivity (Wildman–Crippen MR) is 83.6 cm³/mol. The second kappa shape index (κ2) is 5.34. The summed E-state index contributed by atoms with van der Waals surface area (Å²) in [6, 6.07) is 3.20. The van der Waals surface area contributed by atoms with Crippen LogP contribution in [-0.4, -0.2) is 42.5 Å². The second-order valence-electron chi connectivity index (χ2n) is 5.47. The molecule has 1 fully saturated rings. The van der Waals surface area contributed by atoms with Gasteiger partial charge in [0, 0.05) is 13.1 Å². The van der Waals surface area contributed by atoms with Gasteiger partial charge in [-0.25, -0.2) is 8.42 Å². The monoisotopic (exact) mass is 334 g/mol. The molecule has 0 bridgehead atoms. The number of hydrogen-bond acceptors (Lipinski definition) is 5. The quantitative estimate of drug-likeness (QED) is 0.850. The highest BCUT2D eigenvalue weighted by Gasteiger charge is 2.38. The van der Waals surface area contributed by atoms with E-state index in [0.717, 1.165) is 11.3 Å². The number of thiophene rings is 1. The molecule has 1 aliphatic heterocycles. The molecule has 2 rings (SSSR count). The maximum atomic E-state index is 12.7. The van der Waals surface area contributed by atoms with Crippen molar-refractivity contribution in [1.82, 2.24) is 4.31 Å². The van der Waals surface area contributed by atoms with E-state index in [0.29, 0.717) is 18.0 Å². The molecule has 0 aliphatic carbocycles. The lowest BCUT2D eigenvalue weighted by molar-refractivity contribution is -0.109. The highest BCUT2D eigenvalue weighted by molar-refractivity contribution is 7.91. The molecule has 0 aromatic carbocycles. The first-order valence-corrected chi connectivity index (χ1v) is 8.86. The summed E-state index contributed by atoms with van der Waals surface area (Å²) in [6.45, 7) is 6.34. The zero-order valence-corrected chi connectivity index (χ0v) is 14.1. The Morgan fingerprint density at radius 3 is 2.70 bits per heavy atom. The van der Waals surface area contributed by atoms with E-state index in [2.05, 4.69) is 0 Å². The summed E-state index contributed by atoms with van der Waals surface area (Å²) >= 11 is 5.98. The first kappa shape index (κ1) is 15.8. The van der Waals surface area contributed by atoms with Crippen molar-refractivity contribution in [3.63, 3.8) is 0 Å². The van der Waals surface area contributed by atoms with E-state index < -0.39 is 15.6 Å². The summed E-state index contributed by atoms with van der Waals surface area (Å²) < 4.78 is 32.8. The number of nitrogens with zero attached hydrogens (tertiary/aromatic N) is 1. The Hall–Kier alpha value is -0.540. The van der Waals surface area contributed by atoms with Crippen molar-refractivity contribution >= 4 is 38.6 Å². The van der Waals surface area contributed by atoms with Gasteiger partial charge in [0.2, 0.25) is 0 Å². The van der Waals surface area contributed by atoms with Crippen LogP contribution in [0.4, 0.5) is 0 Å². The van der Waals surface area contributed by atoms with E-state index >= 15 is 0 Å². The Morgan fingerprint density at radius 1 is 1.55 bits per heavy atom. The van der Waals surface area contributed by atoms with Crippen LogP contribution in [0.1, 0.15) is 25.6 Å². The van der Waals surface area contributed by atoms with Gasteiger partial charge in [0.05, 0.1) is 16.6 Å². The summed E-state index contributed by atoms with van der Waals surface area (Å²) in [5.74, 6) is 0. The molecular formula is C12H18N2O3S3. The molecule has 1 unspecified atom stereocenters. The van der Waals surface area contributed by atoms with Crippen LogP contribution in [0.2, 0.25) is 0 Å². The lowest BCUT2D eigenvalue weighted by Crippen LogP contribution is -2.53. The maximum Gasteiger partial charge on any atom is 0.252 e. The average Bonchev–Trinajstić information content (AvgIpc) is 2.75. The largest absolute Gasteiger partial charge is 0.389 e. The Morgan fingerprint density at radius 2 is 2.20 bits per heavy atom. The molecule has 1 aliphatic rings. The Kier molecular flexibility index (Phi) is 4.23. The molecule has 2 heterocycles. The Labute approximate surface area is 128 Å². The molecule has 1 aromatic rings. The fraction of sp³-hybridized carbons (Fsp3) is 0.583. The van der Waals surface area contributed by atoms with Crippen molar-refractivity contribution < 1.29 is 13.2 Å². The van der Waals surface area contributed by atoms with Gasteiger partial charge in [0.1, 0.15) is 9.20 Å². The third-order valence-corrected chi connectivity index (χ3v) is 6.70. The van der Waals surface area contributed by atoms with Crippen LogP contribution in [0.25, 0.3) is 0 Å². The van der Waals surface area contributed by atoms with E-state index in [4.69, 9.17) is 22.7 Å². The van der Waals surface area contributed by atoms with Gasteiger partial charge in [-0.3, -0.25) is 0 Å². The molecule has 0 amide bonds. The highest BCUT2D eigenvalue weighted by atomic mass is 32.2. The number of thiocarbonyl (C=S) groups is 1. The predicted octanol–water partition coefficient (Wildman–Crippen LogP) is 1.57. The number of rotatable bonds is 3. The van der Waals surface area contributed by atoms with Gasteiger partial charge in [-0.1, -0.05) is 12.2 Å². The van der Waals surface area contributed by atoms with Gasteiger partial charge >= 0.3 is 0 Å². The fourth-order valence-corrected chi connectivity index (χ4v) is 5.47. The van der Waals surface area contributed by atoms with Crippen LogP contribution in [0, 0.1) is 0 Å². The smallest absolute Gasteiger partial charge is 0.252 e. The van der Waals surface area contributed by atoms with Crippen LogP contribution < -0.4 is 5.73 Å². The van der Waals surface area contributed by atoms with Gasteiger partial charge in [0.25, 0.3) is 10.0 Å². The third kappa shape index (κ3) is 3.20. The van der Waals surface area contributed by atoms with Crippen molar-refractivity contribution in [3.05, 3.63) is 17.0 Å². The number of nitrogens with two attached hydrogens (primary N) is 1. The van der Waals surface area contributed by atoms with Crippen LogP contribution >= 0.6 is 23.6 Å². The van der Waals surface area contributed by atoms with Gasteiger partial charge < -0.3 is 10.5 Å². The fourth-order valence-electron chi connectivity index (χ4n) is 2.30. The lowest BCUT2D eigenvalue weighted by atomic mass is 10.1. The Balaban J connectivity index is 2.31. The zero-order valence-electron chi connectivity index (χ0n) is 11.6.